The minimum absolute atomic E-state index is 0.0836. The van der Waals surface area contributed by atoms with E-state index >= 15 is 0 Å². The Labute approximate surface area is 702 Å². The van der Waals surface area contributed by atoms with Gasteiger partial charge in [-0.15, -0.1) is 0 Å². The zero-order chi connectivity index (χ0) is 83.6. The molecule has 0 rings (SSSR count). The van der Waals surface area contributed by atoms with Gasteiger partial charge >= 0.3 is 33.6 Å². The van der Waals surface area contributed by atoms with Crippen LogP contribution >= 0.6 is 15.6 Å². The third-order valence-corrected chi connectivity index (χ3v) is 21.4. The monoisotopic (exact) mass is 1650 g/mol. The van der Waals surface area contributed by atoms with Gasteiger partial charge in [0.25, 0.3) is 0 Å². The highest BCUT2D eigenvalue weighted by atomic mass is 31.2. The van der Waals surface area contributed by atoms with Crippen LogP contribution in [0, 0.1) is 0 Å². The van der Waals surface area contributed by atoms with Crippen molar-refractivity contribution in [2.45, 2.75) is 411 Å². The van der Waals surface area contributed by atoms with Crippen LogP contribution in [-0.2, 0) is 55.8 Å². The zero-order valence-electron chi connectivity index (χ0n) is 72.9. The number of phosphoric ester groups is 2. The Bertz CT molecular complexity index is 2670. The summed E-state index contributed by atoms with van der Waals surface area (Å²) in [4.78, 5) is 58.9. The van der Waals surface area contributed by atoms with Gasteiger partial charge in [0, 0.05) is 19.3 Å². The fourth-order valence-electron chi connectivity index (χ4n) is 12.6. The number of ether oxygens (including phenoxy) is 3. The largest absolute Gasteiger partial charge is 0.472 e. The molecule has 16 nitrogen and oxygen atoms in total. The van der Waals surface area contributed by atoms with E-state index in [-0.39, 0.29) is 19.3 Å². The number of allylic oxidation sites excluding steroid dienone is 24. The topological polar surface area (TPSA) is 231 Å². The molecule has 0 aromatic heterocycles. The van der Waals surface area contributed by atoms with Crippen molar-refractivity contribution in [3.8, 4) is 0 Å². The summed E-state index contributed by atoms with van der Waals surface area (Å²) in [6.45, 7) is 2.46. The summed E-state index contributed by atoms with van der Waals surface area (Å²) in [5, 5.41) is 20.7. The van der Waals surface area contributed by atoms with Crippen molar-refractivity contribution < 1.29 is 75.8 Å². The van der Waals surface area contributed by atoms with Crippen LogP contribution < -0.4 is 0 Å². The standard InChI is InChI=1S/C97H168O16P2/c1-4-7-10-13-16-19-22-25-28-30-32-34-36-38-40-42-43-44-45-46-47-49-51-52-54-56-58-60-63-65-68-71-74-77-80-83-95(100)107-86-92(98)87-109-114(103,104)110-88-93(99)89-111-115(105,106)112-91-94(113-97(102)85-82-79-76-73-70-67-62-27-24-21-18-15-12-9-6-3)90-108-96(101)84-81-78-75-72-69-66-64-61-59-57-55-53-50-48-41-39-37-35-33-31-29-26-23-20-17-14-11-8-5-2/h7,9-10,12,16-21,25-29,32-35,38-41,62,92-94,98-99H,4-6,8,11,13-15,22-24,30-31,36-37,42-61,63-91H2,1-3H3,(H,103,104)(H,105,106)/b10-7-,12-9-,19-16-,20-17-,21-18-,28-25-,29-26-,34-32-,35-33-,40-38-,41-39-,62-27-. The van der Waals surface area contributed by atoms with Crippen LogP contribution in [0.2, 0.25) is 0 Å². The van der Waals surface area contributed by atoms with E-state index in [0.717, 1.165) is 154 Å². The van der Waals surface area contributed by atoms with Crippen molar-refractivity contribution in [3.05, 3.63) is 146 Å². The summed E-state index contributed by atoms with van der Waals surface area (Å²) in [5.41, 5.74) is 0. The van der Waals surface area contributed by atoms with Crippen LogP contribution in [0.4, 0.5) is 0 Å². The fourth-order valence-corrected chi connectivity index (χ4v) is 14.2. The number of phosphoric acid groups is 2. The highest BCUT2D eigenvalue weighted by Crippen LogP contribution is 2.45. The fraction of sp³-hybridized carbons (Fsp3) is 0.722. The van der Waals surface area contributed by atoms with Gasteiger partial charge in [0.1, 0.15) is 25.4 Å². The molecule has 4 N–H and O–H groups in total. The molecule has 0 saturated heterocycles. The third-order valence-electron chi connectivity index (χ3n) is 19.5. The van der Waals surface area contributed by atoms with Gasteiger partial charge in [0.15, 0.2) is 6.10 Å². The van der Waals surface area contributed by atoms with Crippen LogP contribution in [0.1, 0.15) is 393 Å². The summed E-state index contributed by atoms with van der Waals surface area (Å²) in [6.07, 6.45) is 112. The average Bonchev–Trinajstić information content (AvgIpc) is 0.902. The second-order valence-corrected chi connectivity index (χ2v) is 33.6. The van der Waals surface area contributed by atoms with Crippen LogP contribution in [-0.4, -0.2) is 95.9 Å². The molecule has 0 aliphatic rings. The molecule has 0 bridgehead atoms. The first-order valence-electron chi connectivity index (χ1n) is 46.1. The van der Waals surface area contributed by atoms with E-state index in [9.17, 15) is 43.5 Å². The predicted octanol–water partition coefficient (Wildman–Crippen LogP) is 28.3. The smallest absolute Gasteiger partial charge is 0.463 e. The highest BCUT2D eigenvalue weighted by molar-refractivity contribution is 7.47. The van der Waals surface area contributed by atoms with Crippen LogP contribution in [0.5, 0.6) is 0 Å². The summed E-state index contributed by atoms with van der Waals surface area (Å²) in [7, 11) is -9.81. The number of rotatable bonds is 87. The third kappa shape index (κ3) is 90.0. The molecular formula is C97H168O16P2. The first-order valence-corrected chi connectivity index (χ1v) is 49.1. The van der Waals surface area contributed by atoms with Crippen LogP contribution in [0.25, 0.3) is 0 Å². The lowest BCUT2D eigenvalue weighted by Gasteiger charge is -2.21. The summed E-state index contributed by atoms with van der Waals surface area (Å²) >= 11 is 0. The number of unbranched alkanes of at least 4 members (excludes halogenated alkanes) is 40. The molecule has 662 valence electrons. The molecule has 0 aliphatic heterocycles. The lowest BCUT2D eigenvalue weighted by Crippen LogP contribution is -2.30. The molecular weight excluding hydrogens is 1480 g/mol. The minimum Gasteiger partial charge on any atom is -0.463 e. The Morgan fingerprint density at radius 1 is 0.252 bits per heavy atom. The van der Waals surface area contributed by atoms with Crippen molar-refractivity contribution in [2.75, 3.05) is 39.6 Å². The van der Waals surface area contributed by atoms with Crippen LogP contribution in [0.3, 0.4) is 0 Å². The molecule has 0 amide bonds. The van der Waals surface area contributed by atoms with Crippen molar-refractivity contribution in [1.29, 1.82) is 0 Å². The Hall–Kier alpha value is -4.57. The second kappa shape index (κ2) is 88.7. The number of aliphatic hydroxyl groups excluding tert-OH is 2. The maximum Gasteiger partial charge on any atom is 0.472 e. The Kier molecular flexibility index (Phi) is 85.2. The number of hydrogen-bond donors (Lipinski definition) is 4. The quantitative estimate of drug-likeness (QED) is 0.0146. The van der Waals surface area contributed by atoms with Gasteiger partial charge in [-0.1, -0.05) is 378 Å². The number of hydrogen-bond acceptors (Lipinski definition) is 14. The predicted molar refractivity (Wildman–Crippen MR) is 482 cm³/mol. The molecule has 0 radical (unpaired) electrons. The number of carbonyl (C=O) groups is 3. The first-order chi connectivity index (χ1) is 56.2. The maximum absolute atomic E-state index is 13.0. The SMILES string of the molecule is CC/C=C\C/C=C\C/C=C\C/C=C\C/C=C\CCCCCCCCCCCCCCCCCCCCCC(=O)OCC(O)COP(=O)(O)OCC(O)COP(=O)(O)OCC(COC(=O)CCCCCCCCCCCCCCC/C=C\C/C=C\C/C=C\C/C=C\CCCCC)OC(=O)CCCCCCC/C=C\C/C=C\C/C=C\CC. The van der Waals surface area contributed by atoms with Gasteiger partial charge in [-0.25, -0.2) is 9.13 Å². The van der Waals surface area contributed by atoms with E-state index in [0.29, 0.717) is 19.3 Å². The Morgan fingerprint density at radius 2 is 0.461 bits per heavy atom. The first kappa shape index (κ1) is 110. The van der Waals surface area contributed by atoms with Gasteiger partial charge in [-0.05, 0) is 141 Å². The van der Waals surface area contributed by atoms with E-state index in [1.54, 1.807) is 0 Å². The van der Waals surface area contributed by atoms with Gasteiger partial charge in [-0.2, -0.15) is 0 Å². The summed E-state index contributed by atoms with van der Waals surface area (Å²) < 4.78 is 61.4. The number of aliphatic hydroxyl groups is 2. The van der Waals surface area contributed by atoms with Crippen molar-refractivity contribution >= 4 is 33.6 Å². The van der Waals surface area contributed by atoms with E-state index in [4.69, 9.17) is 32.3 Å². The van der Waals surface area contributed by atoms with E-state index < -0.39 is 91.5 Å². The molecule has 0 fully saturated rings. The molecule has 0 heterocycles. The number of carbonyl (C=O) groups excluding carboxylic acids is 3. The average molecular weight is 1650 g/mol. The van der Waals surface area contributed by atoms with Gasteiger partial charge in [-0.3, -0.25) is 32.5 Å². The normalized spacial score (nSPS) is 14.5. The van der Waals surface area contributed by atoms with E-state index in [1.165, 1.54) is 180 Å². The lowest BCUT2D eigenvalue weighted by molar-refractivity contribution is -0.161. The second-order valence-electron chi connectivity index (χ2n) is 30.7. The summed E-state index contributed by atoms with van der Waals surface area (Å²) in [5.74, 6) is -1.58. The van der Waals surface area contributed by atoms with E-state index in [2.05, 4.69) is 167 Å². The zero-order valence-corrected chi connectivity index (χ0v) is 74.7. The summed E-state index contributed by atoms with van der Waals surface area (Å²) in [6, 6.07) is 0. The van der Waals surface area contributed by atoms with Gasteiger partial charge in [0.2, 0.25) is 0 Å². The maximum atomic E-state index is 13.0. The molecule has 0 saturated carbocycles. The molecule has 5 atom stereocenters. The molecule has 5 unspecified atom stereocenters. The van der Waals surface area contributed by atoms with Crippen LogP contribution in [0.15, 0.2) is 146 Å². The van der Waals surface area contributed by atoms with Gasteiger partial charge < -0.3 is 34.2 Å². The van der Waals surface area contributed by atoms with Gasteiger partial charge in [0.05, 0.1) is 26.4 Å². The Morgan fingerprint density at radius 3 is 0.730 bits per heavy atom. The molecule has 115 heavy (non-hydrogen) atoms. The number of esters is 3. The lowest BCUT2D eigenvalue weighted by atomic mass is 10.0. The van der Waals surface area contributed by atoms with Crippen molar-refractivity contribution in [2.24, 2.45) is 0 Å². The molecule has 0 aromatic rings. The van der Waals surface area contributed by atoms with Crippen molar-refractivity contribution in [1.82, 2.24) is 0 Å². The molecule has 0 aromatic carbocycles. The van der Waals surface area contributed by atoms with Crippen molar-refractivity contribution in [3.63, 3.8) is 0 Å². The van der Waals surface area contributed by atoms with E-state index in [1.807, 2.05) is 0 Å². The minimum atomic E-state index is -4.94. The molecule has 18 heteroatoms. The molecule has 0 spiro atoms. The highest BCUT2D eigenvalue weighted by Gasteiger charge is 2.29. The Balaban J connectivity index is 4.42. The molecule has 0 aliphatic carbocycles.